The van der Waals surface area contributed by atoms with E-state index in [0.29, 0.717) is 18.5 Å². The molecule has 0 aliphatic heterocycles. The number of aliphatic imine (C=N–C) groups is 1. The van der Waals surface area contributed by atoms with Crippen LogP contribution < -0.4 is 11.1 Å². The van der Waals surface area contributed by atoms with Gasteiger partial charge in [0, 0.05) is 18.7 Å². The molecule has 120 valence electrons. The Morgan fingerprint density at radius 1 is 1.36 bits per heavy atom. The SMILES string of the molecule is CNc1ccc(N=C(C(Cl)=C(N)C(F)(F)F)C2CC2)c(F)c1. The first kappa shape index (κ1) is 16.6. The van der Waals surface area contributed by atoms with Crippen molar-refractivity contribution < 1.29 is 17.6 Å². The van der Waals surface area contributed by atoms with Crippen LogP contribution in [0.2, 0.25) is 0 Å². The van der Waals surface area contributed by atoms with Crippen molar-refractivity contribution in [3.63, 3.8) is 0 Å². The topological polar surface area (TPSA) is 50.4 Å². The van der Waals surface area contributed by atoms with E-state index in [4.69, 9.17) is 17.3 Å². The third-order valence-electron chi connectivity index (χ3n) is 3.21. The molecule has 0 amide bonds. The molecule has 0 spiro atoms. The summed E-state index contributed by atoms with van der Waals surface area (Å²) in [6.07, 6.45) is -3.45. The maximum atomic E-state index is 13.9. The van der Waals surface area contributed by atoms with Crippen molar-refractivity contribution in [2.75, 3.05) is 12.4 Å². The Hall–Kier alpha value is -1.76. The molecule has 0 aromatic heterocycles. The number of allylic oxidation sites excluding steroid dienone is 2. The molecule has 1 saturated carbocycles. The highest BCUT2D eigenvalue weighted by atomic mass is 35.5. The lowest BCUT2D eigenvalue weighted by atomic mass is 10.2. The van der Waals surface area contributed by atoms with Gasteiger partial charge in [0.25, 0.3) is 0 Å². The molecule has 0 saturated heterocycles. The predicted octanol–water partition coefficient (Wildman–Crippen LogP) is 4.32. The van der Waals surface area contributed by atoms with Gasteiger partial charge in [0.1, 0.15) is 5.70 Å². The molecule has 1 aliphatic carbocycles. The van der Waals surface area contributed by atoms with Crippen molar-refractivity contribution in [2.45, 2.75) is 19.0 Å². The van der Waals surface area contributed by atoms with Crippen molar-refractivity contribution in [3.8, 4) is 0 Å². The second-order valence-corrected chi connectivity index (χ2v) is 5.29. The van der Waals surface area contributed by atoms with Gasteiger partial charge in [0.05, 0.1) is 16.4 Å². The summed E-state index contributed by atoms with van der Waals surface area (Å²) in [7, 11) is 1.62. The van der Waals surface area contributed by atoms with Gasteiger partial charge in [-0.3, -0.25) is 0 Å². The van der Waals surface area contributed by atoms with Crippen molar-refractivity contribution in [1.29, 1.82) is 0 Å². The predicted molar refractivity (Wildman–Crippen MR) is 78.9 cm³/mol. The number of hydrogen-bond donors (Lipinski definition) is 2. The first-order chi connectivity index (χ1) is 10.2. The molecule has 0 heterocycles. The number of nitrogens with two attached hydrogens (primary N) is 1. The van der Waals surface area contributed by atoms with Gasteiger partial charge in [-0.2, -0.15) is 13.2 Å². The van der Waals surface area contributed by atoms with Crippen LogP contribution in [0.25, 0.3) is 0 Å². The van der Waals surface area contributed by atoms with Crippen LogP contribution >= 0.6 is 11.6 Å². The average Bonchev–Trinajstić information content (AvgIpc) is 3.28. The highest BCUT2D eigenvalue weighted by Gasteiger charge is 2.38. The summed E-state index contributed by atoms with van der Waals surface area (Å²) in [5.41, 5.74) is 4.06. The highest BCUT2D eigenvalue weighted by molar-refractivity contribution is 6.44. The summed E-state index contributed by atoms with van der Waals surface area (Å²) in [4.78, 5) is 3.97. The largest absolute Gasteiger partial charge is 0.432 e. The van der Waals surface area contributed by atoms with Crippen molar-refractivity contribution >= 4 is 28.7 Å². The molecule has 0 atom stereocenters. The zero-order valence-electron chi connectivity index (χ0n) is 11.6. The van der Waals surface area contributed by atoms with Crippen molar-refractivity contribution in [2.24, 2.45) is 16.6 Å². The second-order valence-electron chi connectivity index (χ2n) is 4.91. The number of halogens is 5. The first-order valence-corrected chi connectivity index (χ1v) is 6.90. The summed E-state index contributed by atoms with van der Waals surface area (Å²) in [5.74, 6) is -0.878. The minimum atomic E-state index is -4.75. The van der Waals surface area contributed by atoms with E-state index in [1.54, 1.807) is 13.1 Å². The van der Waals surface area contributed by atoms with Crippen LogP contribution in [0.1, 0.15) is 12.8 Å². The summed E-state index contributed by atoms with van der Waals surface area (Å²) in [6, 6.07) is 4.14. The van der Waals surface area contributed by atoms with Gasteiger partial charge in [-0.15, -0.1) is 0 Å². The summed E-state index contributed by atoms with van der Waals surface area (Å²) >= 11 is 5.75. The lowest BCUT2D eigenvalue weighted by Crippen LogP contribution is -2.23. The minimum absolute atomic E-state index is 0.0207. The van der Waals surface area contributed by atoms with E-state index in [9.17, 15) is 17.6 Å². The number of alkyl halides is 3. The van der Waals surface area contributed by atoms with Gasteiger partial charge < -0.3 is 11.1 Å². The number of hydrogen-bond acceptors (Lipinski definition) is 3. The fourth-order valence-electron chi connectivity index (χ4n) is 1.82. The number of nitrogens with zero attached hydrogens (tertiary/aromatic N) is 1. The normalized spacial score (nSPS) is 17.3. The quantitative estimate of drug-likeness (QED) is 0.636. The second kappa shape index (κ2) is 6.16. The lowest BCUT2D eigenvalue weighted by Gasteiger charge is -2.12. The van der Waals surface area contributed by atoms with Gasteiger partial charge in [0.2, 0.25) is 0 Å². The van der Waals surface area contributed by atoms with Gasteiger partial charge >= 0.3 is 6.18 Å². The van der Waals surface area contributed by atoms with Crippen LogP contribution in [0.5, 0.6) is 0 Å². The summed E-state index contributed by atoms with van der Waals surface area (Å²) in [6.45, 7) is 0. The molecule has 3 N–H and O–H groups in total. The van der Waals surface area contributed by atoms with Gasteiger partial charge in [-0.1, -0.05) is 11.6 Å². The molecule has 8 heteroatoms. The molecule has 1 aromatic rings. The van der Waals surface area contributed by atoms with E-state index < -0.39 is 22.7 Å². The Labute approximate surface area is 129 Å². The van der Waals surface area contributed by atoms with E-state index >= 15 is 0 Å². The number of rotatable bonds is 4. The van der Waals surface area contributed by atoms with Crippen LogP contribution in [-0.2, 0) is 0 Å². The molecule has 1 aliphatic rings. The lowest BCUT2D eigenvalue weighted by molar-refractivity contribution is -0.0927. The molecular formula is C14H14ClF4N3. The number of anilines is 1. The van der Waals surface area contributed by atoms with Crippen LogP contribution in [0, 0.1) is 11.7 Å². The Balaban J connectivity index is 2.45. The third kappa shape index (κ3) is 3.71. The molecule has 1 fully saturated rings. The number of benzene rings is 1. The Morgan fingerprint density at radius 3 is 2.45 bits per heavy atom. The van der Waals surface area contributed by atoms with E-state index in [0.717, 1.165) is 0 Å². The van der Waals surface area contributed by atoms with Crippen molar-refractivity contribution in [3.05, 3.63) is 34.7 Å². The monoisotopic (exact) mass is 335 g/mol. The van der Waals surface area contributed by atoms with Gasteiger partial charge in [-0.05, 0) is 31.0 Å². The molecule has 22 heavy (non-hydrogen) atoms. The minimum Gasteiger partial charge on any atom is -0.393 e. The highest BCUT2D eigenvalue weighted by Crippen LogP contribution is 2.38. The fourth-order valence-corrected chi connectivity index (χ4v) is 2.13. The van der Waals surface area contributed by atoms with E-state index in [1.165, 1.54) is 12.1 Å². The Morgan fingerprint density at radius 2 is 2.00 bits per heavy atom. The maximum Gasteiger partial charge on any atom is 0.432 e. The molecule has 2 rings (SSSR count). The van der Waals surface area contributed by atoms with E-state index in [2.05, 4.69) is 10.3 Å². The zero-order chi connectivity index (χ0) is 16.5. The molecule has 0 unspecified atom stereocenters. The van der Waals surface area contributed by atoms with Crippen LogP contribution in [0.4, 0.5) is 28.9 Å². The molecule has 0 bridgehead atoms. The van der Waals surface area contributed by atoms with Gasteiger partial charge in [0.15, 0.2) is 5.82 Å². The smallest absolute Gasteiger partial charge is 0.393 e. The molecule has 0 radical (unpaired) electrons. The molecule has 3 nitrogen and oxygen atoms in total. The van der Waals surface area contributed by atoms with E-state index in [-0.39, 0.29) is 17.3 Å². The Bertz CT molecular complexity index is 633. The van der Waals surface area contributed by atoms with Gasteiger partial charge in [-0.25, -0.2) is 9.38 Å². The van der Waals surface area contributed by atoms with Crippen LogP contribution in [-0.4, -0.2) is 18.9 Å². The number of nitrogens with one attached hydrogen (secondary N) is 1. The summed E-state index contributed by atoms with van der Waals surface area (Å²) < 4.78 is 51.9. The van der Waals surface area contributed by atoms with Crippen LogP contribution in [0.15, 0.2) is 33.9 Å². The maximum absolute atomic E-state index is 13.9. The fraction of sp³-hybridized carbons (Fsp3) is 0.357. The molecular weight excluding hydrogens is 322 g/mol. The third-order valence-corrected chi connectivity index (χ3v) is 3.61. The standard InChI is InChI=1S/C14H14ClF4N3/c1-21-8-4-5-10(9(16)6-8)22-12(7-2-3-7)11(15)13(20)14(17,18)19/h4-7,21H,2-3,20H2,1H3. The first-order valence-electron chi connectivity index (χ1n) is 6.52. The summed E-state index contributed by atoms with van der Waals surface area (Å²) in [5, 5.41) is 2.09. The zero-order valence-corrected chi connectivity index (χ0v) is 12.4. The Kier molecular flexibility index (Phi) is 4.65. The molecule has 1 aromatic carbocycles. The van der Waals surface area contributed by atoms with Crippen molar-refractivity contribution in [1.82, 2.24) is 0 Å². The van der Waals surface area contributed by atoms with Crippen LogP contribution in [0.3, 0.4) is 0 Å². The average molecular weight is 336 g/mol. The van der Waals surface area contributed by atoms with E-state index in [1.807, 2.05) is 0 Å².